The van der Waals surface area contributed by atoms with Crippen molar-refractivity contribution < 1.29 is 19.4 Å². The highest BCUT2D eigenvalue weighted by atomic mass is 79.9. The van der Waals surface area contributed by atoms with Crippen molar-refractivity contribution in [3.63, 3.8) is 0 Å². The number of fused-ring (bicyclic) bond motifs is 2. The number of carbonyl (C=O) groups excluding carboxylic acids is 1. The number of ether oxygens (including phenoxy) is 2. The Morgan fingerprint density at radius 1 is 1.29 bits per heavy atom. The summed E-state index contributed by atoms with van der Waals surface area (Å²) in [5.41, 5.74) is 7.81. The monoisotopic (exact) mass is 561 g/mol. The summed E-state index contributed by atoms with van der Waals surface area (Å²) in [6.45, 7) is 4.74. The molecule has 11 heteroatoms. The predicted molar refractivity (Wildman–Crippen MR) is 137 cm³/mol. The molecule has 35 heavy (non-hydrogen) atoms. The quantitative estimate of drug-likeness (QED) is 0.468. The van der Waals surface area contributed by atoms with E-state index >= 15 is 0 Å². The number of aromatic nitrogens is 3. The lowest BCUT2D eigenvalue weighted by Crippen LogP contribution is -2.43. The van der Waals surface area contributed by atoms with E-state index in [0.717, 1.165) is 57.3 Å². The molecule has 1 atom stereocenters. The fourth-order valence-corrected chi connectivity index (χ4v) is 6.11. The zero-order valence-corrected chi connectivity index (χ0v) is 21.8. The standard InChI is InChI=1S/C24H28BrN5O4S/c1-14(31)23(32)29-7-3-15(4-8-29)5-9-30-17-2-6-27-22(26)21(17)28-24(30)35-20-13-19-18(12-16(20)25)33-10-11-34-19/h2,6,12-15,31H,3-5,7-11H2,1H3,(H2,26,27)/t14-/m1/s1. The normalized spacial score (nSPS) is 17.1. The summed E-state index contributed by atoms with van der Waals surface area (Å²) in [5, 5.41) is 10.4. The van der Waals surface area contributed by atoms with Crippen molar-refractivity contribution in [3.8, 4) is 11.5 Å². The Kier molecular flexibility index (Phi) is 7.08. The molecule has 2 aliphatic heterocycles. The first-order chi connectivity index (χ1) is 16.9. The van der Waals surface area contributed by atoms with Crippen LogP contribution in [-0.4, -0.2) is 62.9 Å². The molecule has 2 aromatic heterocycles. The average molecular weight is 562 g/mol. The first-order valence-corrected chi connectivity index (χ1v) is 13.4. The maximum atomic E-state index is 12.1. The number of amides is 1. The van der Waals surface area contributed by atoms with Crippen LogP contribution in [0, 0.1) is 5.92 Å². The lowest BCUT2D eigenvalue weighted by molar-refractivity contribution is -0.140. The van der Waals surface area contributed by atoms with Crippen molar-refractivity contribution in [2.75, 3.05) is 32.0 Å². The molecule has 0 bridgehead atoms. The third kappa shape index (κ3) is 5.07. The van der Waals surface area contributed by atoms with Crippen LogP contribution in [-0.2, 0) is 11.3 Å². The fourth-order valence-electron chi connectivity index (χ4n) is 4.58. The summed E-state index contributed by atoms with van der Waals surface area (Å²) in [5.74, 6) is 2.17. The largest absolute Gasteiger partial charge is 0.486 e. The molecular formula is C24H28BrN5O4S. The SMILES string of the molecule is C[C@@H](O)C(=O)N1CCC(CCn2c(Sc3cc4c(cc3Br)OCCO4)nc3c(N)nccc32)CC1. The number of nitrogen functional groups attached to an aromatic ring is 1. The van der Waals surface area contributed by atoms with Crippen molar-refractivity contribution >= 4 is 50.5 Å². The molecule has 0 saturated carbocycles. The van der Waals surface area contributed by atoms with Crippen LogP contribution in [0.4, 0.5) is 5.82 Å². The van der Waals surface area contributed by atoms with E-state index in [1.165, 1.54) is 6.92 Å². The Morgan fingerprint density at radius 2 is 2.00 bits per heavy atom. The van der Waals surface area contributed by atoms with Gasteiger partial charge in [-0.25, -0.2) is 9.97 Å². The third-order valence-corrected chi connectivity index (χ3v) is 8.47. The highest BCUT2D eigenvalue weighted by Gasteiger charge is 2.26. The second-order valence-electron chi connectivity index (χ2n) is 8.87. The molecule has 1 fully saturated rings. The molecule has 3 aromatic rings. The molecular weight excluding hydrogens is 534 g/mol. The number of anilines is 1. The number of pyridine rings is 1. The van der Waals surface area contributed by atoms with Crippen molar-refractivity contribution in [2.45, 2.75) is 48.9 Å². The first-order valence-electron chi connectivity index (χ1n) is 11.7. The number of likely N-dealkylation sites (tertiary alicyclic amines) is 1. The molecule has 1 aromatic carbocycles. The number of aryl methyl sites for hydroxylation is 1. The van der Waals surface area contributed by atoms with Gasteiger partial charge in [-0.1, -0.05) is 11.8 Å². The van der Waals surface area contributed by atoms with Gasteiger partial charge in [0.15, 0.2) is 22.5 Å². The fraction of sp³-hybridized carbons (Fsp3) is 0.458. The highest BCUT2D eigenvalue weighted by Crippen LogP contribution is 2.42. The van der Waals surface area contributed by atoms with Gasteiger partial charge in [0.1, 0.15) is 24.8 Å². The molecule has 0 unspecified atom stereocenters. The molecule has 5 rings (SSSR count). The lowest BCUT2D eigenvalue weighted by Gasteiger charge is -2.33. The van der Waals surface area contributed by atoms with Crippen LogP contribution >= 0.6 is 27.7 Å². The molecule has 4 heterocycles. The van der Waals surface area contributed by atoms with Crippen LogP contribution in [0.2, 0.25) is 0 Å². The van der Waals surface area contributed by atoms with Crippen LogP contribution in [0.1, 0.15) is 26.2 Å². The second kappa shape index (κ2) is 10.2. The van der Waals surface area contributed by atoms with Crippen molar-refractivity contribution in [1.29, 1.82) is 0 Å². The van der Waals surface area contributed by atoms with E-state index in [-0.39, 0.29) is 5.91 Å². The van der Waals surface area contributed by atoms with E-state index in [2.05, 4.69) is 25.5 Å². The minimum Gasteiger partial charge on any atom is -0.486 e. The van der Waals surface area contributed by atoms with E-state index in [1.54, 1.807) is 22.9 Å². The summed E-state index contributed by atoms with van der Waals surface area (Å²) in [7, 11) is 0. The number of aliphatic hydroxyl groups is 1. The molecule has 0 aliphatic carbocycles. The van der Waals surface area contributed by atoms with E-state index < -0.39 is 6.10 Å². The minimum atomic E-state index is -0.942. The number of hydrogen-bond donors (Lipinski definition) is 2. The molecule has 3 N–H and O–H groups in total. The minimum absolute atomic E-state index is 0.185. The van der Waals surface area contributed by atoms with Crippen LogP contribution in [0.15, 0.2) is 38.9 Å². The van der Waals surface area contributed by atoms with Crippen LogP contribution < -0.4 is 15.2 Å². The van der Waals surface area contributed by atoms with Crippen LogP contribution in [0.3, 0.4) is 0 Å². The molecule has 0 spiro atoms. The highest BCUT2D eigenvalue weighted by molar-refractivity contribution is 9.10. The Bertz CT molecular complexity index is 1240. The third-order valence-electron chi connectivity index (χ3n) is 6.50. The predicted octanol–water partition coefficient (Wildman–Crippen LogP) is 3.71. The van der Waals surface area contributed by atoms with E-state index in [0.29, 0.717) is 43.6 Å². The van der Waals surface area contributed by atoms with E-state index in [1.807, 2.05) is 18.2 Å². The summed E-state index contributed by atoms with van der Waals surface area (Å²) in [4.78, 5) is 23.9. The second-order valence-corrected chi connectivity index (χ2v) is 10.7. The average Bonchev–Trinajstić information content (AvgIpc) is 3.21. The number of nitrogens with two attached hydrogens (primary N) is 1. The van der Waals surface area contributed by atoms with Gasteiger partial charge in [0.2, 0.25) is 0 Å². The van der Waals surface area contributed by atoms with Crippen LogP contribution in [0.25, 0.3) is 11.0 Å². The first kappa shape index (κ1) is 24.2. The molecule has 2 aliphatic rings. The number of imidazole rings is 1. The zero-order chi connectivity index (χ0) is 24.5. The summed E-state index contributed by atoms with van der Waals surface area (Å²) in [6, 6.07) is 5.86. The number of hydrogen-bond acceptors (Lipinski definition) is 8. The Balaban J connectivity index is 1.36. The lowest BCUT2D eigenvalue weighted by atomic mass is 9.93. The van der Waals surface area contributed by atoms with E-state index in [9.17, 15) is 9.90 Å². The van der Waals surface area contributed by atoms with Crippen LogP contribution in [0.5, 0.6) is 11.5 Å². The molecule has 9 nitrogen and oxygen atoms in total. The van der Waals surface area contributed by atoms with Gasteiger partial charge in [0.25, 0.3) is 5.91 Å². The number of nitrogens with zero attached hydrogens (tertiary/aromatic N) is 4. The number of piperidine rings is 1. The maximum Gasteiger partial charge on any atom is 0.251 e. The number of carbonyl (C=O) groups is 1. The molecule has 1 amide bonds. The maximum absolute atomic E-state index is 12.1. The number of halogens is 1. The summed E-state index contributed by atoms with van der Waals surface area (Å²) in [6.07, 6.45) is 3.57. The Labute approximate surface area is 216 Å². The Hall–Kier alpha value is -2.50. The van der Waals surface area contributed by atoms with Gasteiger partial charge in [-0.3, -0.25) is 4.79 Å². The van der Waals surface area contributed by atoms with Gasteiger partial charge in [-0.05, 0) is 66.2 Å². The van der Waals surface area contributed by atoms with Crippen molar-refractivity contribution in [2.24, 2.45) is 5.92 Å². The number of rotatable bonds is 6. The number of benzene rings is 1. The van der Waals surface area contributed by atoms with Gasteiger partial charge in [-0.2, -0.15) is 0 Å². The van der Waals surface area contributed by atoms with Gasteiger partial charge in [0, 0.05) is 35.2 Å². The van der Waals surface area contributed by atoms with Gasteiger partial charge < -0.3 is 29.8 Å². The summed E-state index contributed by atoms with van der Waals surface area (Å²) >= 11 is 5.21. The van der Waals surface area contributed by atoms with Crippen molar-refractivity contribution in [1.82, 2.24) is 19.4 Å². The Morgan fingerprint density at radius 3 is 2.71 bits per heavy atom. The molecule has 0 radical (unpaired) electrons. The van der Waals surface area contributed by atoms with E-state index in [4.69, 9.17) is 20.2 Å². The number of aliphatic hydroxyl groups excluding tert-OH is 1. The topological polar surface area (TPSA) is 116 Å². The van der Waals surface area contributed by atoms with Gasteiger partial charge in [-0.15, -0.1) is 0 Å². The van der Waals surface area contributed by atoms with Crippen molar-refractivity contribution in [3.05, 3.63) is 28.9 Å². The van der Waals surface area contributed by atoms with Gasteiger partial charge in [0.05, 0.1) is 5.52 Å². The zero-order valence-electron chi connectivity index (χ0n) is 19.4. The smallest absolute Gasteiger partial charge is 0.251 e. The van der Waals surface area contributed by atoms with Gasteiger partial charge >= 0.3 is 0 Å². The molecule has 1 saturated heterocycles. The molecule has 186 valence electrons. The summed E-state index contributed by atoms with van der Waals surface area (Å²) < 4.78 is 14.6.